The average Bonchev–Trinajstić information content (AvgIpc) is 2.71. The molecule has 1 aliphatic carbocycles. The Balaban J connectivity index is 1.93. The zero-order valence-corrected chi connectivity index (χ0v) is 13.8. The molecule has 2 rings (SSSR count). The first kappa shape index (κ1) is 17.4. The molecule has 23 heavy (non-hydrogen) atoms. The van der Waals surface area contributed by atoms with E-state index >= 15 is 0 Å². The number of amides is 5. The molecule has 1 saturated carbocycles. The van der Waals surface area contributed by atoms with E-state index in [1.807, 2.05) is 13.8 Å². The van der Waals surface area contributed by atoms with E-state index in [0.29, 0.717) is 0 Å². The van der Waals surface area contributed by atoms with Crippen LogP contribution in [0.5, 0.6) is 0 Å². The Morgan fingerprint density at radius 2 is 1.61 bits per heavy atom. The fourth-order valence-corrected chi connectivity index (χ4v) is 3.06. The van der Waals surface area contributed by atoms with Crippen LogP contribution in [-0.4, -0.2) is 52.7 Å². The van der Waals surface area contributed by atoms with E-state index in [0.717, 1.165) is 35.5 Å². The van der Waals surface area contributed by atoms with Crippen LogP contribution in [0.4, 0.5) is 4.79 Å². The van der Waals surface area contributed by atoms with Gasteiger partial charge in [-0.15, -0.1) is 0 Å². The van der Waals surface area contributed by atoms with Crippen LogP contribution in [0.1, 0.15) is 52.4 Å². The van der Waals surface area contributed by atoms with Crippen molar-refractivity contribution in [3.63, 3.8) is 0 Å². The van der Waals surface area contributed by atoms with E-state index in [9.17, 15) is 19.2 Å². The van der Waals surface area contributed by atoms with Gasteiger partial charge in [0, 0.05) is 12.6 Å². The Kier molecular flexibility index (Phi) is 5.74. The van der Waals surface area contributed by atoms with Crippen molar-refractivity contribution in [2.45, 2.75) is 58.4 Å². The standard InChI is InChI=1S/C16H25N3O4/c1-11(2)9-18-14(21)15(22)19(16(18)23)10-13(20)17-12-7-5-3-4-6-8-12/h11-12H,3-10H2,1-2H3,(H,17,20). The normalized spacial score (nSPS) is 20.4. The predicted octanol–water partition coefficient (Wildman–Crippen LogP) is 1.27. The van der Waals surface area contributed by atoms with Crippen molar-refractivity contribution in [1.82, 2.24) is 15.1 Å². The van der Waals surface area contributed by atoms with Crippen LogP contribution >= 0.6 is 0 Å². The second kappa shape index (κ2) is 7.57. The van der Waals surface area contributed by atoms with Crippen molar-refractivity contribution in [1.29, 1.82) is 0 Å². The van der Waals surface area contributed by atoms with Crippen molar-refractivity contribution < 1.29 is 19.2 Å². The van der Waals surface area contributed by atoms with Gasteiger partial charge in [0.25, 0.3) is 0 Å². The molecule has 1 heterocycles. The molecule has 0 radical (unpaired) electrons. The summed E-state index contributed by atoms with van der Waals surface area (Å²) in [6.45, 7) is 3.51. The van der Waals surface area contributed by atoms with Crippen molar-refractivity contribution in [3.8, 4) is 0 Å². The first-order valence-electron chi connectivity index (χ1n) is 8.37. The van der Waals surface area contributed by atoms with Gasteiger partial charge in [-0.1, -0.05) is 39.5 Å². The molecule has 0 aromatic rings. The highest BCUT2D eigenvalue weighted by Gasteiger charge is 2.45. The van der Waals surface area contributed by atoms with Gasteiger partial charge in [-0.3, -0.25) is 19.3 Å². The van der Waals surface area contributed by atoms with Crippen molar-refractivity contribution in [3.05, 3.63) is 0 Å². The van der Waals surface area contributed by atoms with Gasteiger partial charge >= 0.3 is 17.8 Å². The molecule has 0 unspecified atom stereocenters. The summed E-state index contributed by atoms with van der Waals surface area (Å²) >= 11 is 0. The third-order valence-corrected chi connectivity index (χ3v) is 4.20. The lowest BCUT2D eigenvalue weighted by molar-refractivity contribution is -0.144. The molecule has 0 spiro atoms. The first-order chi connectivity index (χ1) is 10.9. The highest BCUT2D eigenvalue weighted by Crippen LogP contribution is 2.18. The fourth-order valence-electron chi connectivity index (χ4n) is 3.06. The second-order valence-electron chi connectivity index (χ2n) is 6.74. The molecule has 2 aliphatic rings. The molecule has 0 bridgehead atoms. The lowest BCUT2D eigenvalue weighted by atomic mass is 10.1. The molecule has 7 heteroatoms. The summed E-state index contributed by atoms with van der Waals surface area (Å²) < 4.78 is 0. The molecular formula is C16H25N3O4. The molecule has 0 aromatic carbocycles. The molecule has 1 saturated heterocycles. The number of imide groups is 2. The van der Waals surface area contributed by atoms with E-state index < -0.39 is 17.8 Å². The zero-order chi connectivity index (χ0) is 17.0. The first-order valence-corrected chi connectivity index (χ1v) is 8.37. The van der Waals surface area contributed by atoms with Crippen LogP contribution in [0.3, 0.4) is 0 Å². The molecule has 128 valence electrons. The summed E-state index contributed by atoms with van der Waals surface area (Å²) in [6.07, 6.45) is 6.35. The lowest BCUT2D eigenvalue weighted by Crippen LogP contribution is -2.44. The number of carbonyl (C=O) groups excluding carboxylic acids is 4. The van der Waals surface area contributed by atoms with Gasteiger partial charge < -0.3 is 5.32 Å². The molecule has 0 atom stereocenters. The summed E-state index contributed by atoms with van der Waals surface area (Å²) in [5.74, 6) is -2.06. The number of hydrogen-bond acceptors (Lipinski definition) is 4. The van der Waals surface area contributed by atoms with Crippen LogP contribution in [0, 0.1) is 5.92 Å². The highest BCUT2D eigenvalue weighted by atomic mass is 16.2. The quantitative estimate of drug-likeness (QED) is 0.469. The molecular weight excluding hydrogens is 298 g/mol. The van der Waals surface area contributed by atoms with Crippen molar-refractivity contribution in [2.75, 3.05) is 13.1 Å². The molecule has 7 nitrogen and oxygen atoms in total. The highest BCUT2D eigenvalue weighted by molar-refractivity contribution is 6.45. The van der Waals surface area contributed by atoms with Crippen LogP contribution in [0.25, 0.3) is 0 Å². The van der Waals surface area contributed by atoms with Crippen molar-refractivity contribution in [2.24, 2.45) is 5.92 Å². The summed E-state index contributed by atoms with van der Waals surface area (Å²) in [5, 5.41) is 2.88. The lowest BCUT2D eigenvalue weighted by Gasteiger charge is -2.19. The Hall–Kier alpha value is -1.92. The van der Waals surface area contributed by atoms with Crippen LogP contribution in [-0.2, 0) is 14.4 Å². The monoisotopic (exact) mass is 323 g/mol. The second-order valence-corrected chi connectivity index (χ2v) is 6.74. The largest absolute Gasteiger partial charge is 0.352 e. The maximum absolute atomic E-state index is 12.2. The Bertz CT molecular complexity index is 496. The van der Waals surface area contributed by atoms with Gasteiger partial charge in [-0.25, -0.2) is 9.69 Å². The van der Waals surface area contributed by atoms with Crippen molar-refractivity contribution >= 4 is 23.8 Å². The molecule has 2 fully saturated rings. The van der Waals surface area contributed by atoms with E-state index in [4.69, 9.17) is 0 Å². The number of nitrogens with zero attached hydrogens (tertiary/aromatic N) is 2. The molecule has 1 N–H and O–H groups in total. The number of hydrogen-bond donors (Lipinski definition) is 1. The summed E-state index contributed by atoms with van der Waals surface area (Å²) in [4.78, 5) is 49.7. The smallest absolute Gasteiger partial charge is 0.334 e. The topological polar surface area (TPSA) is 86.8 Å². The molecule has 5 amide bonds. The number of urea groups is 1. The van der Waals surface area contributed by atoms with Gasteiger partial charge in [0.1, 0.15) is 6.54 Å². The van der Waals surface area contributed by atoms with Crippen LogP contribution in [0.15, 0.2) is 0 Å². The summed E-state index contributed by atoms with van der Waals surface area (Å²) in [5.41, 5.74) is 0. The Morgan fingerprint density at radius 1 is 1.04 bits per heavy atom. The zero-order valence-electron chi connectivity index (χ0n) is 13.8. The SMILES string of the molecule is CC(C)CN1C(=O)C(=O)N(CC(=O)NC2CCCCCC2)C1=O. The number of carbonyl (C=O) groups is 4. The fraction of sp³-hybridized carbons (Fsp3) is 0.750. The maximum atomic E-state index is 12.2. The third kappa shape index (κ3) is 4.30. The van der Waals surface area contributed by atoms with Gasteiger partial charge in [0.2, 0.25) is 5.91 Å². The van der Waals surface area contributed by atoms with E-state index in [1.165, 1.54) is 12.8 Å². The van der Waals surface area contributed by atoms with E-state index in [-0.39, 0.29) is 31.0 Å². The average molecular weight is 323 g/mol. The predicted molar refractivity (Wildman–Crippen MR) is 83.3 cm³/mol. The third-order valence-electron chi connectivity index (χ3n) is 4.20. The number of rotatable bonds is 5. The molecule has 1 aliphatic heterocycles. The molecule has 0 aromatic heterocycles. The van der Waals surface area contributed by atoms with Gasteiger partial charge in [-0.05, 0) is 18.8 Å². The van der Waals surface area contributed by atoms with Crippen LogP contribution in [0.2, 0.25) is 0 Å². The minimum Gasteiger partial charge on any atom is -0.352 e. The minimum absolute atomic E-state index is 0.0652. The van der Waals surface area contributed by atoms with Gasteiger partial charge in [0.15, 0.2) is 0 Å². The summed E-state index contributed by atoms with van der Waals surface area (Å²) in [6, 6.07) is -0.593. The van der Waals surface area contributed by atoms with E-state index in [2.05, 4.69) is 5.32 Å². The maximum Gasteiger partial charge on any atom is 0.334 e. The van der Waals surface area contributed by atoms with Gasteiger partial charge in [0.05, 0.1) is 0 Å². The van der Waals surface area contributed by atoms with E-state index in [1.54, 1.807) is 0 Å². The Morgan fingerprint density at radius 3 is 2.17 bits per heavy atom. The van der Waals surface area contributed by atoms with Gasteiger partial charge in [-0.2, -0.15) is 0 Å². The Labute approximate surface area is 136 Å². The van der Waals surface area contributed by atoms with Crippen LogP contribution < -0.4 is 5.32 Å². The number of nitrogens with one attached hydrogen (secondary N) is 1. The summed E-state index contributed by atoms with van der Waals surface area (Å²) in [7, 11) is 0. The minimum atomic E-state index is -0.910.